The molecule has 0 unspecified atom stereocenters. The fraction of sp³-hybridized carbons (Fsp3) is 0.222. The van der Waals surface area contributed by atoms with Crippen molar-refractivity contribution in [3.8, 4) is 0 Å². The van der Waals surface area contributed by atoms with Gasteiger partial charge in [-0.3, -0.25) is 0 Å². The van der Waals surface area contributed by atoms with Crippen LogP contribution < -0.4 is 5.32 Å². The van der Waals surface area contributed by atoms with Gasteiger partial charge < -0.3 is 10.4 Å². The highest BCUT2D eigenvalue weighted by Crippen LogP contribution is 2.29. The van der Waals surface area contributed by atoms with Crippen LogP contribution in [0.2, 0.25) is 0 Å². The molecule has 0 fully saturated rings. The van der Waals surface area contributed by atoms with E-state index in [1.165, 1.54) is 6.07 Å². The fourth-order valence-corrected chi connectivity index (χ4v) is 1.52. The number of hydrogen-bond acceptors (Lipinski definition) is 2. The Labute approximate surface area is 78.4 Å². The van der Waals surface area contributed by atoms with Gasteiger partial charge in [0.15, 0.2) is 11.6 Å². The number of anilines is 1. The molecule has 0 aromatic heterocycles. The van der Waals surface area contributed by atoms with Gasteiger partial charge in [-0.25, -0.2) is 13.6 Å². The van der Waals surface area contributed by atoms with Crippen LogP contribution in [-0.4, -0.2) is 17.1 Å². The Morgan fingerprint density at radius 1 is 1.50 bits per heavy atom. The second-order valence-corrected chi connectivity index (χ2v) is 3.13. The average molecular weight is 199 g/mol. The van der Waals surface area contributed by atoms with Gasteiger partial charge in [-0.1, -0.05) is 0 Å². The minimum Gasteiger partial charge on any atom is -0.480 e. The number of halogens is 2. The number of carbonyl (C=O) groups is 1. The van der Waals surface area contributed by atoms with Crippen molar-refractivity contribution >= 4 is 11.7 Å². The van der Waals surface area contributed by atoms with E-state index in [4.69, 9.17) is 5.11 Å². The summed E-state index contributed by atoms with van der Waals surface area (Å²) < 4.78 is 25.9. The van der Waals surface area contributed by atoms with Gasteiger partial charge in [0.05, 0.1) is 0 Å². The highest BCUT2D eigenvalue weighted by Gasteiger charge is 2.29. The van der Waals surface area contributed by atoms with Gasteiger partial charge >= 0.3 is 5.97 Å². The summed E-state index contributed by atoms with van der Waals surface area (Å²) in [6, 6.07) is 1.46. The van der Waals surface area contributed by atoms with E-state index in [-0.39, 0.29) is 12.0 Å². The standard InChI is InChI=1S/C9H7F2NO2/c10-5-1-2-6-4(8(5)11)3-7(12-6)9(13)14/h1-2,7,12H,3H2,(H,13,14)/t7-/m0/s1. The van der Waals surface area contributed by atoms with Crippen LogP contribution in [0.1, 0.15) is 5.56 Å². The van der Waals surface area contributed by atoms with E-state index in [0.717, 1.165) is 6.07 Å². The van der Waals surface area contributed by atoms with Crippen LogP contribution in [0.15, 0.2) is 12.1 Å². The summed E-state index contributed by atoms with van der Waals surface area (Å²) >= 11 is 0. The highest BCUT2D eigenvalue weighted by molar-refractivity contribution is 5.81. The summed E-state index contributed by atoms with van der Waals surface area (Å²) in [5, 5.41) is 11.3. The molecule has 0 radical (unpaired) electrons. The first-order chi connectivity index (χ1) is 6.59. The van der Waals surface area contributed by atoms with Crippen molar-refractivity contribution in [2.45, 2.75) is 12.5 Å². The Balaban J connectivity index is 2.40. The summed E-state index contributed by atoms with van der Waals surface area (Å²) in [5.74, 6) is -2.98. The fourth-order valence-electron chi connectivity index (χ4n) is 1.52. The van der Waals surface area contributed by atoms with Crippen LogP contribution in [0.5, 0.6) is 0 Å². The monoisotopic (exact) mass is 199 g/mol. The molecule has 0 saturated heterocycles. The first-order valence-electron chi connectivity index (χ1n) is 4.06. The second kappa shape index (κ2) is 2.94. The van der Waals surface area contributed by atoms with Crippen LogP contribution in [0.4, 0.5) is 14.5 Å². The zero-order chi connectivity index (χ0) is 10.3. The molecule has 1 aliphatic rings. The molecule has 5 heteroatoms. The Morgan fingerprint density at radius 3 is 2.86 bits per heavy atom. The van der Waals surface area contributed by atoms with Gasteiger partial charge in [0, 0.05) is 17.7 Å². The molecule has 0 aliphatic carbocycles. The molecule has 2 N–H and O–H groups in total. The number of fused-ring (bicyclic) bond motifs is 1. The van der Waals surface area contributed by atoms with Crippen LogP contribution in [0.3, 0.4) is 0 Å². The van der Waals surface area contributed by atoms with Crippen molar-refractivity contribution in [1.29, 1.82) is 0 Å². The van der Waals surface area contributed by atoms with Gasteiger partial charge in [-0.05, 0) is 12.1 Å². The Morgan fingerprint density at radius 2 is 2.21 bits per heavy atom. The molecular weight excluding hydrogens is 192 g/mol. The third kappa shape index (κ3) is 1.21. The van der Waals surface area contributed by atoms with Crippen molar-refractivity contribution in [1.82, 2.24) is 0 Å². The average Bonchev–Trinajstić information content (AvgIpc) is 2.56. The normalized spacial score (nSPS) is 18.9. The van der Waals surface area contributed by atoms with Gasteiger partial charge in [-0.15, -0.1) is 0 Å². The summed E-state index contributed by atoms with van der Waals surface area (Å²) in [7, 11) is 0. The summed E-state index contributed by atoms with van der Waals surface area (Å²) in [6.07, 6.45) is -0.0196. The maximum atomic E-state index is 13.1. The first kappa shape index (κ1) is 8.93. The second-order valence-electron chi connectivity index (χ2n) is 3.13. The van der Waals surface area contributed by atoms with Gasteiger partial charge in [0.25, 0.3) is 0 Å². The molecule has 1 heterocycles. The minimum atomic E-state index is -1.07. The largest absolute Gasteiger partial charge is 0.480 e. The lowest BCUT2D eigenvalue weighted by Crippen LogP contribution is -2.26. The van der Waals surface area contributed by atoms with E-state index in [9.17, 15) is 13.6 Å². The van der Waals surface area contributed by atoms with Gasteiger partial charge in [0.2, 0.25) is 0 Å². The molecule has 1 atom stereocenters. The van der Waals surface area contributed by atoms with Crippen molar-refractivity contribution in [2.24, 2.45) is 0 Å². The summed E-state index contributed by atoms with van der Waals surface area (Å²) in [5.41, 5.74) is 0.466. The number of carboxylic acids is 1. The van der Waals surface area contributed by atoms with Crippen molar-refractivity contribution in [3.63, 3.8) is 0 Å². The SMILES string of the molecule is O=C(O)[C@@H]1Cc2c(ccc(F)c2F)N1. The molecule has 1 aromatic carbocycles. The van der Waals surface area contributed by atoms with Crippen LogP contribution in [-0.2, 0) is 11.2 Å². The van der Waals surface area contributed by atoms with E-state index in [1.54, 1.807) is 0 Å². The zero-order valence-electron chi connectivity index (χ0n) is 7.05. The first-order valence-corrected chi connectivity index (χ1v) is 4.06. The predicted molar refractivity (Wildman–Crippen MR) is 45.1 cm³/mol. The third-order valence-corrected chi connectivity index (χ3v) is 2.23. The number of rotatable bonds is 1. The summed E-state index contributed by atoms with van der Waals surface area (Å²) in [6.45, 7) is 0. The zero-order valence-corrected chi connectivity index (χ0v) is 7.05. The lowest BCUT2D eigenvalue weighted by molar-refractivity contribution is -0.137. The molecular formula is C9H7F2NO2. The lowest BCUT2D eigenvalue weighted by Gasteiger charge is -2.03. The molecule has 0 saturated carbocycles. The molecule has 1 aromatic rings. The quantitative estimate of drug-likeness (QED) is 0.718. The molecule has 1 aliphatic heterocycles. The van der Waals surface area contributed by atoms with Gasteiger partial charge in [0.1, 0.15) is 6.04 Å². The van der Waals surface area contributed by atoms with Crippen LogP contribution >= 0.6 is 0 Å². The van der Waals surface area contributed by atoms with Crippen LogP contribution in [0.25, 0.3) is 0 Å². The van der Waals surface area contributed by atoms with E-state index in [1.807, 2.05) is 0 Å². The Bertz CT molecular complexity index is 406. The van der Waals surface area contributed by atoms with E-state index >= 15 is 0 Å². The minimum absolute atomic E-state index is 0.0196. The maximum Gasteiger partial charge on any atom is 0.326 e. The number of benzene rings is 1. The van der Waals surface area contributed by atoms with Gasteiger partial charge in [-0.2, -0.15) is 0 Å². The van der Waals surface area contributed by atoms with Crippen LogP contribution in [0, 0.1) is 11.6 Å². The smallest absolute Gasteiger partial charge is 0.326 e. The third-order valence-electron chi connectivity index (χ3n) is 2.23. The number of aliphatic carboxylic acids is 1. The van der Waals surface area contributed by atoms with E-state index in [2.05, 4.69) is 5.32 Å². The van der Waals surface area contributed by atoms with E-state index in [0.29, 0.717) is 5.69 Å². The summed E-state index contributed by atoms with van der Waals surface area (Å²) in [4.78, 5) is 10.6. The van der Waals surface area contributed by atoms with Crippen molar-refractivity contribution < 1.29 is 18.7 Å². The van der Waals surface area contributed by atoms with E-state index < -0.39 is 23.6 Å². The maximum absolute atomic E-state index is 13.1. The number of carboxylic acid groups (broad SMARTS) is 1. The van der Waals surface area contributed by atoms with Crippen molar-refractivity contribution in [3.05, 3.63) is 29.3 Å². The molecule has 74 valence electrons. The molecule has 0 bridgehead atoms. The highest BCUT2D eigenvalue weighted by atomic mass is 19.2. The topological polar surface area (TPSA) is 49.3 Å². The molecule has 3 nitrogen and oxygen atoms in total. The molecule has 14 heavy (non-hydrogen) atoms. The Hall–Kier alpha value is -1.65. The Kier molecular flexibility index (Phi) is 1.87. The molecule has 0 spiro atoms. The lowest BCUT2D eigenvalue weighted by atomic mass is 10.1. The van der Waals surface area contributed by atoms with Crippen molar-refractivity contribution in [2.75, 3.05) is 5.32 Å². The molecule has 2 rings (SSSR count). The predicted octanol–water partition coefficient (Wildman–Crippen LogP) is 1.39. The number of hydrogen-bond donors (Lipinski definition) is 2. The molecule has 0 amide bonds. The number of nitrogens with one attached hydrogen (secondary N) is 1.